The molecular weight excluding hydrogens is 296 g/mol. The Morgan fingerprint density at radius 3 is 2.70 bits per heavy atom. The summed E-state index contributed by atoms with van der Waals surface area (Å²) in [6.07, 6.45) is 4.14. The van der Waals surface area contributed by atoms with Crippen molar-refractivity contribution in [1.82, 2.24) is 5.32 Å². The van der Waals surface area contributed by atoms with E-state index < -0.39 is 0 Å². The van der Waals surface area contributed by atoms with Gasteiger partial charge in [0.05, 0.1) is 30.9 Å². The smallest absolute Gasteiger partial charge is 0.217 e. The molecule has 1 amide bonds. The summed E-state index contributed by atoms with van der Waals surface area (Å²) in [5.74, 6) is -0.159. The van der Waals surface area contributed by atoms with Crippen LogP contribution in [-0.4, -0.2) is 43.4 Å². The van der Waals surface area contributed by atoms with E-state index in [0.717, 1.165) is 18.4 Å². The van der Waals surface area contributed by atoms with E-state index in [4.69, 9.17) is 15.0 Å². The number of nitrogens with zero attached hydrogens (tertiary/aromatic N) is 3. The lowest BCUT2D eigenvalue weighted by Gasteiger charge is -2.37. The molecular formula is C16H28N4O3. The summed E-state index contributed by atoms with van der Waals surface area (Å²) in [6, 6.07) is -0.724. The van der Waals surface area contributed by atoms with E-state index in [1.54, 1.807) is 0 Å². The fraction of sp³-hybridized carbons (Fsp3) is 0.812. The zero-order valence-electron chi connectivity index (χ0n) is 14.5. The van der Waals surface area contributed by atoms with E-state index in [2.05, 4.69) is 29.2 Å². The first-order chi connectivity index (χ1) is 11.0. The molecule has 0 heterocycles. The molecule has 0 aromatic heterocycles. The summed E-state index contributed by atoms with van der Waals surface area (Å²) in [5.41, 5.74) is 9.89. The monoisotopic (exact) mass is 324 g/mol. The topological polar surface area (TPSA) is 96.3 Å². The highest BCUT2D eigenvalue weighted by Crippen LogP contribution is 2.26. The molecule has 0 saturated carbocycles. The lowest BCUT2D eigenvalue weighted by atomic mass is 9.88. The number of carbonyl (C=O) groups excluding carboxylic acids is 1. The van der Waals surface area contributed by atoms with E-state index in [-0.39, 0.29) is 30.2 Å². The van der Waals surface area contributed by atoms with Gasteiger partial charge in [0.2, 0.25) is 5.91 Å². The SMILES string of the molecule is CCOCC1=C[C@@H](OC(CC)CC)[C@H](NC(C)=O)[C@@H](N=[N+]=[N-])C1. The Morgan fingerprint density at radius 2 is 2.17 bits per heavy atom. The number of nitrogens with one attached hydrogen (secondary N) is 1. The summed E-state index contributed by atoms with van der Waals surface area (Å²) in [4.78, 5) is 14.5. The molecule has 0 fully saturated rings. The van der Waals surface area contributed by atoms with Crippen LogP contribution in [0.2, 0.25) is 0 Å². The van der Waals surface area contributed by atoms with Gasteiger partial charge in [-0.3, -0.25) is 4.79 Å². The van der Waals surface area contributed by atoms with Crippen molar-refractivity contribution < 1.29 is 14.3 Å². The summed E-state index contributed by atoms with van der Waals surface area (Å²) in [5, 5.41) is 6.76. The molecule has 0 bridgehead atoms. The third kappa shape index (κ3) is 6.22. The number of ether oxygens (including phenoxy) is 2. The fourth-order valence-corrected chi connectivity index (χ4v) is 2.78. The lowest BCUT2D eigenvalue weighted by Crippen LogP contribution is -2.53. The average Bonchev–Trinajstić information content (AvgIpc) is 2.53. The van der Waals surface area contributed by atoms with Crippen molar-refractivity contribution in [2.45, 2.75) is 71.2 Å². The number of hydrogen-bond acceptors (Lipinski definition) is 4. The number of amides is 1. The normalized spacial score (nSPS) is 24.0. The molecule has 1 N–H and O–H groups in total. The van der Waals surface area contributed by atoms with Gasteiger partial charge in [0, 0.05) is 18.4 Å². The fourth-order valence-electron chi connectivity index (χ4n) is 2.78. The minimum Gasteiger partial charge on any atom is -0.377 e. The summed E-state index contributed by atoms with van der Waals surface area (Å²) in [6.45, 7) is 8.65. The van der Waals surface area contributed by atoms with Crippen LogP contribution in [0.4, 0.5) is 0 Å². The Hall–Kier alpha value is -1.56. The molecule has 3 atom stereocenters. The van der Waals surface area contributed by atoms with Gasteiger partial charge in [-0.1, -0.05) is 25.0 Å². The Balaban J connectivity index is 3.04. The van der Waals surface area contributed by atoms with Crippen molar-refractivity contribution in [2.24, 2.45) is 5.11 Å². The maximum Gasteiger partial charge on any atom is 0.217 e. The zero-order valence-corrected chi connectivity index (χ0v) is 14.5. The minimum absolute atomic E-state index is 0.102. The predicted octanol–water partition coefficient (Wildman–Crippen LogP) is 3.11. The van der Waals surface area contributed by atoms with Gasteiger partial charge in [-0.15, -0.1) is 0 Å². The van der Waals surface area contributed by atoms with Crippen LogP contribution in [0.3, 0.4) is 0 Å². The largest absolute Gasteiger partial charge is 0.377 e. The van der Waals surface area contributed by atoms with Crippen LogP contribution in [0.25, 0.3) is 10.4 Å². The number of rotatable bonds is 9. The molecule has 1 aliphatic rings. The Kier molecular flexibility index (Phi) is 8.69. The van der Waals surface area contributed by atoms with E-state index in [1.807, 2.05) is 13.0 Å². The number of carbonyl (C=O) groups is 1. The van der Waals surface area contributed by atoms with Gasteiger partial charge in [0.15, 0.2) is 0 Å². The van der Waals surface area contributed by atoms with Crippen molar-refractivity contribution in [2.75, 3.05) is 13.2 Å². The van der Waals surface area contributed by atoms with Gasteiger partial charge in [-0.05, 0) is 37.3 Å². The van der Waals surface area contributed by atoms with Gasteiger partial charge in [-0.25, -0.2) is 0 Å². The first kappa shape index (κ1) is 19.5. The predicted molar refractivity (Wildman–Crippen MR) is 89.0 cm³/mol. The zero-order chi connectivity index (χ0) is 17.2. The third-order valence-electron chi connectivity index (χ3n) is 3.96. The average molecular weight is 324 g/mol. The number of azide groups is 1. The van der Waals surface area contributed by atoms with Crippen LogP contribution in [0, 0.1) is 0 Å². The van der Waals surface area contributed by atoms with E-state index in [9.17, 15) is 4.79 Å². The maximum absolute atomic E-state index is 11.5. The second-order valence-corrected chi connectivity index (χ2v) is 5.70. The van der Waals surface area contributed by atoms with Crippen LogP contribution < -0.4 is 5.32 Å². The van der Waals surface area contributed by atoms with E-state index >= 15 is 0 Å². The van der Waals surface area contributed by atoms with Crippen molar-refractivity contribution in [3.05, 3.63) is 22.1 Å². The molecule has 7 nitrogen and oxygen atoms in total. The van der Waals surface area contributed by atoms with E-state index in [0.29, 0.717) is 19.6 Å². The molecule has 0 spiro atoms. The standard InChI is InChI=1S/C16H28N4O3/c1-5-13(6-2)23-15-9-12(10-22-7-3)8-14(19-20-17)16(15)18-11(4)21/h9,13-16H,5-8,10H2,1-4H3,(H,18,21)/t14-,15+,16+/m0/s1. The Morgan fingerprint density at radius 1 is 1.48 bits per heavy atom. The summed E-state index contributed by atoms with van der Waals surface area (Å²) in [7, 11) is 0. The van der Waals surface area contributed by atoms with E-state index in [1.165, 1.54) is 6.92 Å². The van der Waals surface area contributed by atoms with Crippen LogP contribution in [-0.2, 0) is 14.3 Å². The molecule has 0 aliphatic heterocycles. The summed E-state index contributed by atoms with van der Waals surface area (Å²) >= 11 is 0. The lowest BCUT2D eigenvalue weighted by molar-refractivity contribution is -0.121. The number of hydrogen-bond donors (Lipinski definition) is 1. The van der Waals surface area contributed by atoms with Crippen LogP contribution in [0.15, 0.2) is 16.8 Å². The molecule has 1 rings (SSSR count). The Bertz CT molecular complexity index is 456. The van der Waals surface area contributed by atoms with Gasteiger partial charge in [0.25, 0.3) is 0 Å². The highest BCUT2D eigenvalue weighted by Gasteiger charge is 2.35. The second-order valence-electron chi connectivity index (χ2n) is 5.70. The Labute approximate surface area is 138 Å². The van der Waals surface area contributed by atoms with Crippen molar-refractivity contribution in [3.63, 3.8) is 0 Å². The molecule has 0 radical (unpaired) electrons. The molecule has 0 unspecified atom stereocenters. The maximum atomic E-state index is 11.5. The second kappa shape index (κ2) is 10.3. The van der Waals surface area contributed by atoms with Crippen molar-refractivity contribution in [1.29, 1.82) is 0 Å². The molecule has 1 aliphatic carbocycles. The molecule has 7 heteroatoms. The molecule has 130 valence electrons. The van der Waals surface area contributed by atoms with Gasteiger partial charge in [-0.2, -0.15) is 0 Å². The minimum atomic E-state index is -0.372. The van der Waals surface area contributed by atoms with Gasteiger partial charge >= 0.3 is 0 Å². The highest BCUT2D eigenvalue weighted by molar-refractivity contribution is 5.73. The molecule has 0 aromatic rings. The summed E-state index contributed by atoms with van der Waals surface area (Å²) < 4.78 is 11.6. The molecule has 0 saturated heterocycles. The first-order valence-corrected chi connectivity index (χ1v) is 8.29. The van der Waals surface area contributed by atoms with Crippen LogP contribution >= 0.6 is 0 Å². The third-order valence-corrected chi connectivity index (χ3v) is 3.96. The first-order valence-electron chi connectivity index (χ1n) is 8.29. The molecule has 23 heavy (non-hydrogen) atoms. The van der Waals surface area contributed by atoms with Crippen LogP contribution in [0.5, 0.6) is 0 Å². The highest BCUT2D eigenvalue weighted by atomic mass is 16.5. The van der Waals surface area contributed by atoms with Gasteiger partial charge < -0.3 is 14.8 Å². The quantitative estimate of drug-likeness (QED) is 0.305. The van der Waals surface area contributed by atoms with Crippen molar-refractivity contribution >= 4 is 5.91 Å². The van der Waals surface area contributed by atoms with Crippen molar-refractivity contribution in [3.8, 4) is 0 Å². The van der Waals surface area contributed by atoms with Crippen LogP contribution in [0.1, 0.15) is 47.0 Å². The molecule has 0 aromatic carbocycles. The van der Waals surface area contributed by atoms with Gasteiger partial charge in [0.1, 0.15) is 0 Å².